The normalized spacial score (nSPS) is 12.1. The second kappa shape index (κ2) is 8.82. The summed E-state index contributed by atoms with van der Waals surface area (Å²) >= 11 is 0. The Balaban J connectivity index is 1.84. The van der Waals surface area contributed by atoms with Gasteiger partial charge in [-0.2, -0.15) is 10.2 Å². The van der Waals surface area contributed by atoms with Crippen LogP contribution in [0.5, 0.6) is 5.75 Å². The van der Waals surface area contributed by atoms with Crippen LogP contribution in [0.25, 0.3) is 0 Å². The highest BCUT2D eigenvalue weighted by molar-refractivity contribution is 5.71. The van der Waals surface area contributed by atoms with E-state index < -0.39 is 0 Å². The molecule has 5 heteroatoms. The summed E-state index contributed by atoms with van der Waals surface area (Å²) in [4.78, 5) is 11.5. The lowest BCUT2D eigenvalue weighted by atomic mass is 10.1. The molecule has 0 saturated heterocycles. The van der Waals surface area contributed by atoms with Crippen molar-refractivity contribution in [1.29, 1.82) is 0 Å². The number of esters is 1. The predicted molar refractivity (Wildman–Crippen MR) is 92.8 cm³/mol. The molecule has 24 heavy (non-hydrogen) atoms. The fourth-order valence-electron chi connectivity index (χ4n) is 1.80. The minimum absolute atomic E-state index is 0.0899. The molecule has 2 aromatic rings. The molecule has 126 valence electrons. The summed E-state index contributed by atoms with van der Waals surface area (Å²) in [5, 5.41) is 8.35. The maximum Gasteiger partial charge on any atom is 0.311 e. The average Bonchev–Trinajstić information content (AvgIpc) is 2.61. The second-order valence-electron chi connectivity index (χ2n) is 5.56. The van der Waals surface area contributed by atoms with Gasteiger partial charge in [-0.05, 0) is 49.7 Å². The quantitative estimate of drug-likeness (QED) is 0.392. The van der Waals surface area contributed by atoms with E-state index in [4.69, 9.17) is 9.47 Å². The van der Waals surface area contributed by atoms with Gasteiger partial charge in [-0.15, -0.1) is 0 Å². The smallest absolute Gasteiger partial charge is 0.311 e. The molecule has 1 unspecified atom stereocenters. The van der Waals surface area contributed by atoms with Crippen LogP contribution in [0.2, 0.25) is 0 Å². The molecule has 0 N–H and O–H groups in total. The van der Waals surface area contributed by atoms with E-state index in [1.54, 1.807) is 24.3 Å². The molecule has 1 atom stereocenters. The lowest BCUT2D eigenvalue weighted by Crippen LogP contribution is -2.17. The van der Waals surface area contributed by atoms with Crippen LogP contribution in [-0.4, -0.2) is 12.8 Å². The van der Waals surface area contributed by atoms with Crippen molar-refractivity contribution < 1.29 is 14.3 Å². The van der Waals surface area contributed by atoms with Crippen molar-refractivity contribution in [2.45, 2.75) is 27.2 Å². The molecular formula is C19H22N2O3. The second-order valence-corrected chi connectivity index (χ2v) is 5.56. The molecule has 0 amide bonds. The minimum Gasteiger partial charge on any atom is -0.457 e. The Morgan fingerprint density at radius 2 is 1.54 bits per heavy atom. The Morgan fingerprint density at radius 1 is 1.00 bits per heavy atom. The first kappa shape index (κ1) is 17.7. The highest BCUT2D eigenvalue weighted by Crippen LogP contribution is 2.21. The largest absolute Gasteiger partial charge is 0.457 e. The maximum absolute atomic E-state index is 11.5. The predicted octanol–water partition coefficient (Wildman–Crippen LogP) is 5.34. The summed E-state index contributed by atoms with van der Waals surface area (Å²) in [6.45, 7) is 5.71. The van der Waals surface area contributed by atoms with Crippen LogP contribution < -0.4 is 4.74 Å². The number of nitrogens with zero attached hydrogens (tertiary/aromatic N) is 2. The van der Waals surface area contributed by atoms with Gasteiger partial charge < -0.3 is 9.47 Å². The van der Waals surface area contributed by atoms with Crippen molar-refractivity contribution in [3.63, 3.8) is 0 Å². The van der Waals surface area contributed by atoms with E-state index in [2.05, 4.69) is 10.2 Å². The number of hydrogen-bond acceptors (Lipinski definition) is 5. The molecule has 0 spiro atoms. The fourth-order valence-corrected chi connectivity index (χ4v) is 1.80. The molecular weight excluding hydrogens is 304 g/mol. The highest BCUT2D eigenvalue weighted by Gasteiger charge is 2.11. The summed E-state index contributed by atoms with van der Waals surface area (Å²) < 4.78 is 10.4. The zero-order chi connectivity index (χ0) is 17.4. The number of benzene rings is 2. The first-order valence-electron chi connectivity index (χ1n) is 7.96. The number of ether oxygens (including phenoxy) is 2. The molecule has 0 saturated carbocycles. The molecule has 0 fully saturated rings. The summed E-state index contributed by atoms with van der Waals surface area (Å²) in [6.07, 6.45) is 0.750. The third-order valence-electron chi connectivity index (χ3n) is 3.59. The lowest BCUT2D eigenvalue weighted by molar-refractivity contribution is -0.154. The molecule has 2 rings (SSSR count). The van der Waals surface area contributed by atoms with Gasteiger partial charge in [0.15, 0.2) is 0 Å². The van der Waals surface area contributed by atoms with Crippen molar-refractivity contribution in [3.05, 3.63) is 54.1 Å². The molecule has 0 aliphatic heterocycles. The minimum atomic E-state index is -0.249. The van der Waals surface area contributed by atoms with E-state index >= 15 is 0 Å². The summed E-state index contributed by atoms with van der Waals surface area (Å²) in [7, 11) is 0. The number of carbonyl (C=O) groups excluding carboxylic acids is 1. The van der Waals surface area contributed by atoms with Crippen molar-refractivity contribution in [1.82, 2.24) is 0 Å². The van der Waals surface area contributed by atoms with Gasteiger partial charge >= 0.3 is 5.97 Å². The van der Waals surface area contributed by atoms with Crippen molar-refractivity contribution in [2.75, 3.05) is 6.79 Å². The summed E-state index contributed by atoms with van der Waals surface area (Å²) in [6, 6.07) is 14.9. The fraction of sp³-hybridized carbons (Fsp3) is 0.316. The van der Waals surface area contributed by atoms with E-state index in [0.717, 1.165) is 17.8 Å². The van der Waals surface area contributed by atoms with E-state index in [9.17, 15) is 4.79 Å². The van der Waals surface area contributed by atoms with Crippen LogP contribution in [0.4, 0.5) is 11.4 Å². The number of aryl methyl sites for hydroxylation is 1. The van der Waals surface area contributed by atoms with Crippen molar-refractivity contribution in [3.8, 4) is 5.75 Å². The SMILES string of the molecule is CCC(C)C(=O)OCOc1ccc(/N=N/c2ccc(C)cc2)cc1. The number of carbonyl (C=O) groups is 1. The molecule has 0 bridgehead atoms. The van der Waals surface area contributed by atoms with Gasteiger partial charge in [0.2, 0.25) is 6.79 Å². The monoisotopic (exact) mass is 326 g/mol. The lowest BCUT2D eigenvalue weighted by Gasteiger charge is -2.10. The molecule has 0 heterocycles. The Kier molecular flexibility index (Phi) is 6.49. The maximum atomic E-state index is 11.5. The van der Waals surface area contributed by atoms with Gasteiger partial charge in [0, 0.05) is 0 Å². The Morgan fingerprint density at radius 3 is 2.08 bits per heavy atom. The van der Waals surface area contributed by atoms with Crippen molar-refractivity contribution in [2.24, 2.45) is 16.1 Å². The topological polar surface area (TPSA) is 60.2 Å². The molecule has 2 aromatic carbocycles. The van der Waals surface area contributed by atoms with Gasteiger partial charge in [0.05, 0.1) is 17.3 Å². The zero-order valence-electron chi connectivity index (χ0n) is 14.2. The molecule has 0 radical (unpaired) electrons. The van der Waals surface area contributed by atoms with Gasteiger partial charge in [-0.1, -0.05) is 31.5 Å². The highest BCUT2D eigenvalue weighted by atomic mass is 16.7. The number of azo groups is 1. The standard InChI is InChI=1S/C19H22N2O3/c1-4-15(3)19(22)24-13-23-18-11-9-17(10-12-18)21-20-16-7-5-14(2)6-8-16/h5-12,15H,4,13H2,1-3H3/b21-20+. The van der Waals surface area contributed by atoms with E-state index in [0.29, 0.717) is 5.75 Å². The first-order chi connectivity index (χ1) is 11.6. The molecule has 0 aliphatic rings. The number of rotatable bonds is 7. The van der Waals surface area contributed by atoms with Crippen LogP contribution in [0, 0.1) is 12.8 Å². The molecule has 5 nitrogen and oxygen atoms in total. The Bertz CT molecular complexity index is 679. The molecule has 0 aromatic heterocycles. The van der Waals surface area contributed by atoms with Crippen LogP contribution in [0.3, 0.4) is 0 Å². The zero-order valence-corrected chi connectivity index (χ0v) is 14.2. The van der Waals surface area contributed by atoms with Gasteiger partial charge in [-0.25, -0.2) is 0 Å². The summed E-state index contributed by atoms with van der Waals surface area (Å²) in [5.41, 5.74) is 2.71. The average molecular weight is 326 g/mol. The van der Waals surface area contributed by atoms with Crippen molar-refractivity contribution >= 4 is 17.3 Å². The van der Waals surface area contributed by atoms with Gasteiger partial charge in [-0.3, -0.25) is 4.79 Å². The number of hydrogen-bond donors (Lipinski definition) is 0. The third kappa shape index (κ3) is 5.50. The van der Waals surface area contributed by atoms with Crippen LogP contribution in [0.15, 0.2) is 58.8 Å². The first-order valence-corrected chi connectivity index (χ1v) is 7.96. The van der Waals surface area contributed by atoms with Crippen LogP contribution in [-0.2, 0) is 9.53 Å². The van der Waals surface area contributed by atoms with E-state index in [1.165, 1.54) is 5.56 Å². The van der Waals surface area contributed by atoms with Gasteiger partial charge in [0.25, 0.3) is 0 Å². The molecule has 0 aliphatic carbocycles. The Hall–Kier alpha value is -2.69. The van der Waals surface area contributed by atoms with E-state index in [-0.39, 0.29) is 18.7 Å². The Labute approximate surface area is 142 Å². The van der Waals surface area contributed by atoms with Gasteiger partial charge in [0.1, 0.15) is 5.75 Å². The third-order valence-corrected chi connectivity index (χ3v) is 3.59. The van der Waals surface area contributed by atoms with Crippen LogP contribution >= 0.6 is 0 Å². The summed E-state index contributed by atoms with van der Waals surface area (Å²) in [5.74, 6) is 0.250. The van der Waals surface area contributed by atoms with E-state index in [1.807, 2.05) is 45.0 Å². The van der Waals surface area contributed by atoms with Crippen LogP contribution in [0.1, 0.15) is 25.8 Å².